The number of aryl methyl sites for hydroxylation is 1. The fourth-order valence-electron chi connectivity index (χ4n) is 0.757. The molecule has 12 heavy (non-hydrogen) atoms. The topological polar surface area (TPSA) is 34.1 Å². The summed E-state index contributed by atoms with van der Waals surface area (Å²) in [5.41, 5.74) is 1.05. The molecule has 2 nitrogen and oxygen atoms in total. The van der Waals surface area contributed by atoms with Crippen molar-refractivity contribution in [1.82, 2.24) is 0 Å². The molecular formula is C9H9FO2. The van der Waals surface area contributed by atoms with Gasteiger partial charge in [0.25, 0.3) is 0 Å². The number of carbonyl (C=O) groups excluding carboxylic acids is 2. The van der Waals surface area contributed by atoms with Crippen LogP contribution in [0.5, 0.6) is 0 Å². The Morgan fingerprint density at radius 1 is 1.42 bits per heavy atom. The summed E-state index contributed by atoms with van der Waals surface area (Å²) in [7, 11) is 0. The first-order valence-electron chi connectivity index (χ1n) is 3.48. The Bertz CT molecular complexity index is 265. The van der Waals surface area contributed by atoms with Crippen LogP contribution in [0.4, 0.5) is 4.39 Å². The Labute approximate surface area is 70.0 Å². The van der Waals surface area contributed by atoms with Gasteiger partial charge >= 0.3 is 6.15 Å². The van der Waals surface area contributed by atoms with E-state index in [2.05, 4.69) is 0 Å². The number of hydrogen-bond acceptors (Lipinski definition) is 2. The summed E-state index contributed by atoms with van der Waals surface area (Å²) < 4.78 is 12.4. The molecule has 0 N–H and O–H groups in total. The molecule has 0 aromatic heterocycles. The predicted molar refractivity (Wildman–Crippen MR) is 40.8 cm³/mol. The molecule has 0 spiro atoms. The Balaban J connectivity index is 0.000000354. The van der Waals surface area contributed by atoms with Crippen molar-refractivity contribution < 1.29 is 14.0 Å². The lowest BCUT2D eigenvalue weighted by molar-refractivity contribution is -0.191. The summed E-state index contributed by atoms with van der Waals surface area (Å²) in [4.78, 5) is 16.2. The van der Waals surface area contributed by atoms with Crippen molar-refractivity contribution in [3.63, 3.8) is 0 Å². The fourth-order valence-corrected chi connectivity index (χ4v) is 0.757. The quantitative estimate of drug-likeness (QED) is 0.640. The minimum Gasteiger partial charge on any atom is -0.207 e. The van der Waals surface area contributed by atoms with E-state index in [0.29, 0.717) is 0 Å². The van der Waals surface area contributed by atoms with E-state index in [9.17, 15) is 4.39 Å². The molecule has 0 aliphatic heterocycles. The van der Waals surface area contributed by atoms with E-state index in [4.69, 9.17) is 9.59 Å². The van der Waals surface area contributed by atoms with Gasteiger partial charge in [0, 0.05) is 0 Å². The van der Waals surface area contributed by atoms with Crippen molar-refractivity contribution in [3.05, 3.63) is 35.6 Å². The third-order valence-electron chi connectivity index (χ3n) is 1.30. The average Bonchev–Trinajstić information content (AvgIpc) is 2.06. The molecule has 0 fully saturated rings. The molecule has 0 unspecified atom stereocenters. The lowest BCUT2D eigenvalue weighted by Gasteiger charge is -1.92. The highest BCUT2D eigenvalue weighted by molar-refractivity contribution is 5.20. The highest BCUT2D eigenvalue weighted by Crippen LogP contribution is 2.02. The van der Waals surface area contributed by atoms with E-state index in [1.807, 2.05) is 13.0 Å². The zero-order valence-corrected chi connectivity index (χ0v) is 6.71. The SMILES string of the molecule is CCc1cccc(F)c1.O=C=O. The maximum atomic E-state index is 12.4. The summed E-state index contributed by atoms with van der Waals surface area (Å²) in [6.07, 6.45) is 1.15. The second-order valence-electron chi connectivity index (χ2n) is 2.07. The molecule has 0 radical (unpaired) electrons. The molecule has 0 amide bonds. The highest BCUT2D eigenvalue weighted by atomic mass is 19.1. The van der Waals surface area contributed by atoms with E-state index in [0.717, 1.165) is 12.0 Å². The van der Waals surface area contributed by atoms with Crippen LogP contribution in [0.3, 0.4) is 0 Å². The molecule has 0 aliphatic rings. The molecule has 64 valence electrons. The summed E-state index contributed by atoms with van der Waals surface area (Å²) in [6, 6.07) is 6.66. The average molecular weight is 168 g/mol. The molecule has 0 heterocycles. The molecule has 3 heteroatoms. The van der Waals surface area contributed by atoms with Crippen LogP contribution in [-0.2, 0) is 16.0 Å². The maximum Gasteiger partial charge on any atom is 0.373 e. The van der Waals surface area contributed by atoms with Gasteiger partial charge in [-0.05, 0) is 24.1 Å². The third kappa shape index (κ3) is 4.36. The minimum atomic E-state index is -0.144. The Morgan fingerprint density at radius 3 is 2.33 bits per heavy atom. The van der Waals surface area contributed by atoms with Crippen LogP contribution < -0.4 is 0 Å². The molecule has 1 rings (SSSR count). The van der Waals surface area contributed by atoms with E-state index < -0.39 is 0 Å². The van der Waals surface area contributed by atoms with Crippen molar-refractivity contribution in [2.75, 3.05) is 0 Å². The molecule has 0 aliphatic carbocycles. The van der Waals surface area contributed by atoms with Crippen LogP contribution >= 0.6 is 0 Å². The number of rotatable bonds is 1. The summed E-state index contributed by atoms with van der Waals surface area (Å²) >= 11 is 0. The Morgan fingerprint density at radius 2 is 2.00 bits per heavy atom. The van der Waals surface area contributed by atoms with Gasteiger partial charge in [0.2, 0.25) is 0 Å². The predicted octanol–water partition coefficient (Wildman–Crippen LogP) is 1.80. The van der Waals surface area contributed by atoms with Crippen LogP contribution in [0.25, 0.3) is 0 Å². The van der Waals surface area contributed by atoms with Gasteiger partial charge in [-0.3, -0.25) is 0 Å². The van der Waals surface area contributed by atoms with Gasteiger partial charge in [-0.15, -0.1) is 0 Å². The number of benzene rings is 1. The van der Waals surface area contributed by atoms with Gasteiger partial charge in [0.05, 0.1) is 0 Å². The second-order valence-corrected chi connectivity index (χ2v) is 2.07. The van der Waals surface area contributed by atoms with Gasteiger partial charge in [0.1, 0.15) is 5.82 Å². The summed E-state index contributed by atoms with van der Waals surface area (Å²) in [5.74, 6) is -0.144. The first kappa shape index (κ1) is 10.5. The first-order chi connectivity index (χ1) is 5.74. The molecule has 0 saturated heterocycles. The highest BCUT2D eigenvalue weighted by Gasteiger charge is 1.88. The monoisotopic (exact) mass is 168 g/mol. The molecule has 1 aromatic carbocycles. The zero-order chi connectivity index (χ0) is 9.40. The molecule has 1 aromatic rings. The summed E-state index contributed by atoms with van der Waals surface area (Å²) in [5, 5.41) is 0. The third-order valence-corrected chi connectivity index (χ3v) is 1.30. The van der Waals surface area contributed by atoms with Gasteiger partial charge in [0.15, 0.2) is 0 Å². The van der Waals surface area contributed by atoms with Crippen LogP contribution in [0.15, 0.2) is 24.3 Å². The maximum absolute atomic E-state index is 12.4. The van der Waals surface area contributed by atoms with Crippen LogP contribution in [0.1, 0.15) is 12.5 Å². The second kappa shape index (κ2) is 6.25. The van der Waals surface area contributed by atoms with Crippen molar-refractivity contribution in [3.8, 4) is 0 Å². The van der Waals surface area contributed by atoms with Crippen molar-refractivity contribution in [2.45, 2.75) is 13.3 Å². The number of halogens is 1. The van der Waals surface area contributed by atoms with Gasteiger partial charge in [-0.2, -0.15) is 9.59 Å². The molecular weight excluding hydrogens is 159 g/mol. The van der Waals surface area contributed by atoms with E-state index in [1.54, 1.807) is 12.1 Å². The Hall–Kier alpha value is -1.47. The van der Waals surface area contributed by atoms with Gasteiger partial charge in [-0.1, -0.05) is 19.1 Å². The van der Waals surface area contributed by atoms with Gasteiger partial charge in [-0.25, -0.2) is 4.39 Å². The van der Waals surface area contributed by atoms with Crippen molar-refractivity contribution >= 4 is 6.15 Å². The number of hydrogen-bond donors (Lipinski definition) is 0. The smallest absolute Gasteiger partial charge is 0.207 e. The summed E-state index contributed by atoms with van der Waals surface area (Å²) in [6.45, 7) is 2.01. The van der Waals surface area contributed by atoms with Crippen LogP contribution in [-0.4, -0.2) is 6.15 Å². The van der Waals surface area contributed by atoms with Gasteiger partial charge < -0.3 is 0 Å². The zero-order valence-electron chi connectivity index (χ0n) is 6.71. The molecule has 0 bridgehead atoms. The largest absolute Gasteiger partial charge is 0.373 e. The lowest BCUT2D eigenvalue weighted by Crippen LogP contribution is -1.79. The first-order valence-corrected chi connectivity index (χ1v) is 3.48. The molecule has 0 saturated carbocycles. The fraction of sp³-hybridized carbons (Fsp3) is 0.222. The van der Waals surface area contributed by atoms with Crippen LogP contribution in [0, 0.1) is 5.82 Å². The molecule has 0 atom stereocenters. The minimum absolute atomic E-state index is 0.144. The normalized spacial score (nSPS) is 7.83. The van der Waals surface area contributed by atoms with Crippen molar-refractivity contribution in [1.29, 1.82) is 0 Å². The standard InChI is InChI=1S/C8H9F.CO2/c1-2-7-4-3-5-8(9)6-7;2-1-3/h3-6H,2H2,1H3;. The lowest BCUT2D eigenvalue weighted by atomic mass is 10.2. The van der Waals surface area contributed by atoms with E-state index in [1.165, 1.54) is 6.07 Å². The van der Waals surface area contributed by atoms with Crippen molar-refractivity contribution in [2.24, 2.45) is 0 Å². The Kier molecular flexibility index (Phi) is 5.49. The van der Waals surface area contributed by atoms with E-state index >= 15 is 0 Å². The van der Waals surface area contributed by atoms with Crippen LogP contribution in [0.2, 0.25) is 0 Å². The van der Waals surface area contributed by atoms with E-state index in [-0.39, 0.29) is 12.0 Å².